The summed E-state index contributed by atoms with van der Waals surface area (Å²) in [7, 11) is 0. The van der Waals surface area contributed by atoms with Gasteiger partial charge in [-0.15, -0.1) is 0 Å². The van der Waals surface area contributed by atoms with Gasteiger partial charge in [0.2, 0.25) is 0 Å². The minimum Gasteiger partial charge on any atom is -0.456 e. The van der Waals surface area contributed by atoms with E-state index < -0.39 is 0 Å². The van der Waals surface area contributed by atoms with Crippen molar-refractivity contribution in [2.75, 3.05) is 0 Å². The molecule has 0 radical (unpaired) electrons. The van der Waals surface area contributed by atoms with Crippen LogP contribution in [0.25, 0.3) is 0 Å². The molecule has 0 aliphatic carbocycles. The van der Waals surface area contributed by atoms with Crippen LogP contribution >= 0.6 is 31.9 Å². The second-order valence-corrected chi connectivity index (χ2v) is 5.03. The zero-order chi connectivity index (χ0) is 11.5. The van der Waals surface area contributed by atoms with E-state index in [1.807, 2.05) is 31.2 Å². The van der Waals surface area contributed by atoms with Crippen molar-refractivity contribution < 1.29 is 4.74 Å². The number of halogens is 2. The zero-order valence-electron chi connectivity index (χ0n) is 8.58. The summed E-state index contributed by atoms with van der Waals surface area (Å²) in [6.07, 6.45) is 3.41. The first-order chi connectivity index (χ1) is 7.66. The van der Waals surface area contributed by atoms with Gasteiger partial charge in [-0.05, 0) is 46.6 Å². The van der Waals surface area contributed by atoms with Crippen LogP contribution in [-0.2, 0) is 0 Å². The molecule has 2 rings (SSSR count). The van der Waals surface area contributed by atoms with Crippen LogP contribution in [0, 0.1) is 6.92 Å². The van der Waals surface area contributed by atoms with Crippen molar-refractivity contribution in [2.24, 2.45) is 0 Å². The van der Waals surface area contributed by atoms with Gasteiger partial charge in [0.15, 0.2) is 0 Å². The summed E-state index contributed by atoms with van der Waals surface area (Å²) >= 11 is 6.84. The van der Waals surface area contributed by atoms with Crippen LogP contribution in [-0.4, -0.2) is 4.98 Å². The van der Waals surface area contributed by atoms with Gasteiger partial charge in [-0.1, -0.05) is 15.9 Å². The molecule has 1 aromatic heterocycles. The molecule has 16 heavy (non-hydrogen) atoms. The van der Waals surface area contributed by atoms with Crippen LogP contribution < -0.4 is 4.74 Å². The standard InChI is InChI=1S/C12H9Br2NO/c1-8-6-9(2-3-10(8)13)16-12-4-5-15-7-11(12)14/h2-7H,1H3. The molecule has 4 heteroatoms. The smallest absolute Gasteiger partial charge is 0.144 e. The van der Waals surface area contributed by atoms with E-state index in [9.17, 15) is 0 Å². The lowest BCUT2D eigenvalue weighted by molar-refractivity contribution is 0.478. The van der Waals surface area contributed by atoms with Crippen molar-refractivity contribution in [2.45, 2.75) is 6.92 Å². The Morgan fingerprint density at radius 2 is 1.94 bits per heavy atom. The maximum absolute atomic E-state index is 5.74. The maximum Gasteiger partial charge on any atom is 0.144 e. The number of aryl methyl sites for hydroxylation is 1. The molecule has 82 valence electrons. The molecule has 0 aliphatic rings. The number of rotatable bonds is 2. The van der Waals surface area contributed by atoms with E-state index >= 15 is 0 Å². The Bertz CT molecular complexity index is 514. The molecule has 0 fully saturated rings. The lowest BCUT2D eigenvalue weighted by Gasteiger charge is -2.08. The van der Waals surface area contributed by atoms with Gasteiger partial charge in [0, 0.05) is 22.9 Å². The number of hydrogen-bond acceptors (Lipinski definition) is 2. The van der Waals surface area contributed by atoms with Crippen LogP contribution in [0.1, 0.15) is 5.56 Å². The Morgan fingerprint density at radius 1 is 1.12 bits per heavy atom. The Morgan fingerprint density at radius 3 is 2.62 bits per heavy atom. The highest BCUT2D eigenvalue weighted by atomic mass is 79.9. The van der Waals surface area contributed by atoms with Gasteiger partial charge in [-0.2, -0.15) is 0 Å². The molecular weight excluding hydrogens is 334 g/mol. The van der Waals surface area contributed by atoms with Gasteiger partial charge < -0.3 is 4.74 Å². The first-order valence-corrected chi connectivity index (χ1v) is 6.29. The SMILES string of the molecule is Cc1cc(Oc2ccncc2Br)ccc1Br. The van der Waals surface area contributed by atoms with Gasteiger partial charge in [0.05, 0.1) is 4.47 Å². The molecule has 0 spiro atoms. The fraction of sp³-hybridized carbons (Fsp3) is 0.0833. The largest absolute Gasteiger partial charge is 0.456 e. The molecule has 0 aliphatic heterocycles. The Hall–Kier alpha value is -0.870. The minimum atomic E-state index is 0.761. The molecule has 0 saturated heterocycles. The van der Waals surface area contributed by atoms with Crippen molar-refractivity contribution in [3.63, 3.8) is 0 Å². The first kappa shape index (κ1) is 11.6. The Labute approximate surface area is 111 Å². The van der Waals surface area contributed by atoms with Gasteiger partial charge in [-0.3, -0.25) is 4.98 Å². The van der Waals surface area contributed by atoms with Crippen molar-refractivity contribution in [1.29, 1.82) is 0 Å². The number of ether oxygens (including phenoxy) is 1. The summed E-state index contributed by atoms with van der Waals surface area (Å²) in [6.45, 7) is 2.03. The Balaban J connectivity index is 2.28. The van der Waals surface area contributed by atoms with Crippen LogP contribution in [0.15, 0.2) is 45.6 Å². The second-order valence-electron chi connectivity index (χ2n) is 3.32. The van der Waals surface area contributed by atoms with Crippen LogP contribution in [0.5, 0.6) is 11.5 Å². The van der Waals surface area contributed by atoms with Crippen molar-refractivity contribution >= 4 is 31.9 Å². The summed E-state index contributed by atoms with van der Waals surface area (Å²) in [4.78, 5) is 3.98. The van der Waals surface area contributed by atoms with E-state index in [0.29, 0.717) is 0 Å². The molecule has 0 bridgehead atoms. The van der Waals surface area contributed by atoms with Gasteiger partial charge in [-0.25, -0.2) is 0 Å². The second kappa shape index (κ2) is 4.97. The summed E-state index contributed by atoms with van der Waals surface area (Å²) in [5.74, 6) is 1.57. The highest BCUT2D eigenvalue weighted by Gasteiger charge is 2.03. The third kappa shape index (κ3) is 2.62. The molecule has 0 amide bonds. The van der Waals surface area contributed by atoms with Crippen LogP contribution in [0.2, 0.25) is 0 Å². The van der Waals surface area contributed by atoms with Crippen molar-refractivity contribution in [3.8, 4) is 11.5 Å². The van der Waals surface area contributed by atoms with E-state index in [4.69, 9.17) is 4.74 Å². The number of benzene rings is 1. The van der Waals surface area contributed by atoms with Gasteiger partial charge in [0.25, 0.3) is 0 Å². The number of aromatic nitrogens is 1. The molecule has 0 unspecified atom stereocenters. The predicted molar refractivity (Wildman–Crippen MR) is 70.9 cm³/mol. The van der Waals surface area contributed by atoms with Gasteiger partial charge in [0.1, 0.15) is 11.5 Å². The number of hydrogen-bond donors (Lipinski definition) is 0. The van der Waals surface area contributed by atoms with E-state index in [-0.39, 0.29) is 0 Å². The van der Waals surface area contributed by atoms with Crippen molar-refractivity contribution in [1.82, 2.24) is 4.98 Å². The molecule has 0 saturated carbocycles. The average Bonchev–Trinajstić information content (AvgIpc) is 2.27. The summed E-state index contributed by atoms with van der Waals surface area (Å²) in [5.41, 5.74) is 1.14. The maximum atomic E-state index is 5.74. The summed E-state index contributed by atoms with van der Waals surface area (Å²) < 4.78 is 7.66. The minimum absolute atomic E-state index is 0.761. The first-order valence-electron chi connectivity index (χ1n) is 4.70. The van der Waals surface area contributed by atoms with E-state index in [1.54, 1.807) is 12.4 Å². The number of pyridine rings is 1. The average molecular weight is 343 g/mol. The monoisotopic (exact) mass is 341 g/mol. The van der Waals surface area contributed by atoms with E-state index in [2.05, 4.69) is 36.8 Å². The van der Waals surface area contributed by atoms with Crippen LogP contribution in [0.4, 0.5) is 0 Å². The summed E-state index contributed by atoms with van der Waals surface area (Å²) in [5, 5.41) is 0. The fourth-order valence-corrected chi connectivity index (χ4v) is 1.83. The molecule has 1 aromatic carbocycles. The van der Waals surface area contributed by atoms with Crippen molar-refractivity contribution in [3.05, 3.63) is 51.2 Å². The molecule has 2 nitrogen and oxygen atoms in total. The highest BCUT2D eigenvalue weighted by Crippen LogP contribution is 2.30. The quantitative estimate of drug-likeness (QED) is 0.788. The molecular formula is C12H9Br2NO. The molecule has 0 N–H and O–H groups in total. The van der Waals surface area contributed by atoms with Gasteiger partial charge >= 0.3 is 0 Å². The third-order valence-corrected chi connectivity index (χ3v) is 3.58. The Kier molecular flexibility index (Phi) is 3.61. The summed E-state index contributed by atoms with van der Waals surface area (Å²) in [6, 6.07) is 7.70. The molecule has 1 heterocycles. The van der Waals surface area contributed by atoms with E-state index in [1.165, 1.54) is 0 Å². The fourth-order valence-electron chi connectivity index (χ4n) is 1.25. The van der Waals surface area contributed by atoms with E-state index in [0.717, 1.165) is 26.0 Å². The molecule has 2 aromatic rings. The lowest BCUT2D eigenvalue weighted by Crippen LogP contribution is -1.87. The lowest BCUT2D eigenvalue weighted by atomic mass is 10.2. The molecule has 0 atom stereocenters. The predicted octanol–water partition coefficient (Wildman–Crippen LogP) is 4.71. The third-order valence-electron chi connectivity index (χ3n) is 2.09. The highest BCUT2D eigenvalue weighted by molar-refractivity contribution is 9.10. The van der Waals surface area contributed by atoms with Crippen LogP contribution in [0.3, 0.4) is 0 Å². The zero-order valence-corrected chi connectivity index (χ0v) is 11.7. The normalized spacial score (nSPS) is 10.2. The topological polar surface area (TPSA) is 22.1 Å². The number of nitrogens with zero attached hydrogens (tertiary/aromatic N) is 1.